The monoisotopic (exact) mass is 234 g/mol. The van der Waals surface area contributed by atoms with Gasteiger partial charge in [-0.3, -0.25) is 4.74 Å². The van der Waals surface area contributed by atoms with Crippen LogP contribution < -0.4 is 0 Å². The summed E-state index contributed by atoms with van der Waals surface area (Å²) in [5, 5.41) is -5.14. The quantitative estimate of drug-likeness (QED) is 0.668. The van der Waals surface area contributed by atoms with Crippen LogP contribution in [-0.2, 0) is 4.74 Å². The predicted octanol–water partition coefficient (Wildman–Crippen LogP) is 4.04. The molecule has 0 aromatic rings. The van der Waals surface area contributed by atoms with Crippen molar-refractivity contribution in [1.29, 1.82) is 0 Å². The third kappa shape index (κ3) is 3.96. The van der Waals surface area contributed by atoms with Crippen LogP contribution in [0.4, 0.5) is 8.78 Å². The minimum absolute atomic E-state index is 0.679. The minimum Gasteiger partial charge on any atom is -0.282 e. The fourth-order valence-electron chi connectivity index (χ4n) is 0.417. The van der Waals surface area contributed by atoms with Gasteiger partial charge in [0.2, 0.25) is 0 Å². The second-order valence-corrected chi connectivity index (χ2v) is 4.57. The SMILES string of the molecule is CC(C)C(F)(Cl)OC(F)(Cl)C(C)C. The van der Waals surface area contributed by atoms with E-state index >= 15 is 0 Å². The maximum Gasteiger partial charge on any atom is 0.292 e. The van der Waals surface area contributed by atoms with Crippen LogP contribution >= 0.6 is 23.2 Å². The molecule has 0 spiro atoms. The molecule has 80 valence electrons. The summed E-state index contributed by atoms with van der Waals surface area (Å²) in [5.41, 5.74) is 0. The maximum atomic E-state index is 13.3. The summed E-state index contributed by atoms with van der Waals surface area (Å²) in [6, 6.07) is 0. The van der Waals surface area contributed by atoms with E-state index in [0.29, 0.717) is 0 Å². The third-order valence-electron chi connectivity index (χ3n) is 1.62. The van der Waals surface area contributed by atoms with Gasteiger partial charge in [-0.15, -0.1) is 0 Å². The maximum absolute atomic E-state index is 13.3. The Bertz CT molecular complexity index is 152. The molecule has 0 saturated heterocycles. The lowest BCUT2D eigenvalue weighted by Gasteiger charge is -2.30. The van der Waals surface area contributed by atoms with Crippen LogP contribution in [0.2, 0.25) is 0 Å². The number of alkyl halides is 4. The first-order valence-electron chi connectivity index (χ1n) is 4.05. The minimum atomic E-state index is -2.57. The Labute approximate surface area is 87.3 Å². The van der Waals surface area contributed by atoms with E-state index in [2.05, 4.69) is 4.74 Å². The van der Waals surface area contributed by atoms with E-state index in [9.17, 15) is 8.78 Å². The molecule has 5 heteroatoms. The second kappa shape index (κ2) is 4.28. The Balaban J connectivity index is 4.42. The van der Waals surface area contributed by atoms with Gasteiger partial charge in [0.05, 0.1) is 0 Å². The first-order valence-corrected chi connectivity index (χ1v) is 4.81. The molecule has 13 heavy (non-hydrogen) atoms. The highest BCUT2D eigenvalue weighted by Crippen LogP contribution is 2.39. The van der Waals surface area contributed by atoms with Crippen molar-refractivity contribution >= 4 is 23.2 Å². The zero-order valence-electron chi connectivity index (χ0n) is 8.07. The fourth-order valence-corrected chi connectivity index (χ4v) is 0.681. The molecular formula is C8H14Cl2F2O. The van der Waals surface area contributed by atoms with Crippen LogP contribution in [0.25, 0.3) is 0 Å². The van der Waals surface area contributed by atoms with E-state index in [1.54, 1.807) is 0 Å². The van der Waals surface area contributed by atoms with Gasteiger partial charge < -0.3 is 0 Å². The third-order valence-corrected chi connectivity index (χ3v) is 2.64. The summed E-state index contributed by atoms with van der Waals surface area (Å²) in [6.07, 6.45) is 0. The van der Waals surface area contributed by atoms with E-state index in [1.165, 1.54) is 27.7 Å². The average Bonchev–Trinajstić information content (AvgIpc) is 1.83. The van der Waals surface area contributed by atoms with Crippen molar-refractivity contribution in [3.63, 3.8) is 0 Å². The first-order chi connectivity index (χ1) is 5.59. The van der Waals surface area contributed by atoms with Crippen LogP contribution in [0.15, 0.2) is 0 Å². The van der Waals surface area contributed by atoms with Gasteiger partial charge in [0, 0.05) is 11.8 Å². The molecule has 0 radical (unpaired) electrons. The van der Waals surface area contributed by atoms with Crippen LogP contribution in [0, 0.1) is 11.8 Å². The number of hydrogen-bond donors (Lipinski definition) is 0. The number of rotatable bonds is 4. The number of hydrogen-bond acceptors (Lipinski definition) is 1. The van der Waals surface area contributed by atoms with E-state index in [-0.39, 0.29) is 0 Å². The summed E-state index contributed by atoms with van der Waals surface area (Å²) < 4.78 is 30.9. The van der Waals surface area contributed by atoms with Crippen LogP contribution in [0.1, 0.15) is 27.7 Å². The van der Waals surface area contributed by atoms with Crippen molar-refractivity contribution in [3.05, 3.63) is 0 Å². The Morgan fingerprint density at radius 2 is 1.15 bits per heavy atom. The lowest BCUT2D eigenvalue weighted by molar-refractivity contribution is -0.225. The molecule has 0 N–H and O–H groups in total. The van der Waals surface area contributed by atoms with Crippen molar-refractivity contribution < 1.29 is 13.5 Å². The van der Waals surface area contributed by atoms with Gasteiger partial charge in [-0.2, -0.15) is 8.78 Å². The molecule has 0 aromatic heterocycles. The summed E-state index contributed by atoms with van der Waals surface area (Å²) >= 11 is 10.6. The Kier molecular flexibility index (Phi) is 4.41. The highest BCUT2D eigenvalue weighted by atomic mass is 35.5. The molecule has 0 fully saturated rings. The zero-order chi connectivity index (χ0) is 10.9. The molecular weight excluding hydrogens is 221 g/mol. The summed E-state index contributed by atoms with van der Waals surface area (Å²) in [5.74, 6) is -1.36. The molecule has 2 unspecified atom stereocenters. The van der Waals surface area contributed by atoms with E-state index < -0.39 is 22.5 Å². The topological polar surface area (TPSA) is 9.23 Å². The van der Waals surface area contributed by atoms with Crippen molar-refractivity contribution in [2.45, 2.75) is 38.3 Å². The van der Waals surface area contributed by atoms with Gasteiger partial charge in [-0.1, -0.05) is 50.9 Å². The Morgan fingerprint density at radius 1 is 0.923 bits per heavy atom. The van der Waals surface area contributed by atoms with Gasteiger partial charge >= 0.3 is 0 Å². The molecule has 0 saturated carbocycles. The molecule has 0 aliphatic carbocycles. The number of halogens is 4. The average molecular weight is 235 g/mol. The van der Waals surface area contributed by atoms with E-state index in [4.69, 9.17) is 23.2 Å². The predicted molar refractivity (Wildman–Crippen MR) is 50.1 cm³/mol. The standard InChI is InChI=1S/C8H14Cl2F2O/c1-5(2)7(9,11)13-8(10,12)6(3)4/h5-6H,1-4H3. The van der Waals surface area contributed by atoms with Crippen molar-refractivity contribution in [2.24, 2.45) is 11.8 Å². The second-order valence-electron chi connectivity index (χ2n) is 3.54. The van der Waals surface area contributed by atoms with Crippen molar-refractivity contribution in [1.82, 2.24) is 0 Å². The largest absolute Gasteiger partial charge is 0.292 e. The van der Waals surface area contributed by atoms with Crippen molar-refractivity contribution in [2.75, 3.05) is 0 Å². The fraction of sp³-hybridized carbons (Fsp3) is 1.00. The highest BCUT2D eigenvalue weighted by Gasteiger charge is 2.44. The molecule has 0 aromatic carbocycles. The number of ether oxygens (including phenoxy) is 1. The van der Waals surface area contributed by atoms with Crippen LogP contribution in [0.5, 0.6) is 0 Å². The van der Waals surface area contributed by atoms with Gasteiger partial charge in [-0.25, -0.2) is 0 Å². The van der Waals surface area contributed by atoms with Crippen LogP contribution in [0.3, 0.4) is 0 Å². The van der Waals surface area contributed by atoms with Crippen molar-refractivity contribution in [3.8, 4) is 0 Å². The molecule has 0 rings (SSSR count). The lowest BCUT2D eigenvalue weighted by atomic mass is 10.2. The van der Waals surface area contributed by atoms with E-state index in [0.717, 1.165) is 0 Å². The zero-order valence-corrected chi connectivity index (χ0v) is 9.59. The Morgan fingerprint density at radius 3 is 1.31 bits per heavy atom. The van der Waals surface area contributed by atoms with Gasteiger partial charge in [0.15, 0.2) is 0 Å². The lowest BCUT2D eigenvalue weighted by Crippen LogP contribution is -2.38. The molecule has 0 aliphatic rings. The molecule has 0 amide bonds. The molecule has 2 atom stereocenters. The molecule has 0 aliphatic heterocycles. The smallest absolute Gasteiger partial charge is 0.282 e. The first kappa shape index (κ1) is 13.4. The Hall–Kier alpha value is 0.400. The van der Waals surface area contributed by atoms with Gasteiger partial charge in [0.25, 0.3) is 10.6 Å². The highest BCUT2D eigenvalue weighted by molar-refractivity contribution is 6.24. The molecule has 0 bridgehead atoms. The van der Waals surface area contributed by atoms with E-state index in [1.807, 2.05) is 0 Å². The summed E-state index contributed by atoms with van der Waals surface area (Å²) in [6.45, 7) is 5.89. The normalized spacial score (nSPS) is 21.7. The summed E-state index contributed by atoms with van der Waals surface area (Å²) in [4.78, 5) is 0. The molecule has 1 nitrogen and oxygen atoms in total. The molecule has 0 heterocycles. The summed E-state index contributed by atoms with van der Waals surface area (Å²) in [7, 11) is 0. The van der Waals surface area contributed by atoms with Gasteiger partial charge in [-0.05, 0) is 0 Å². The van der Waals surface area contributed by atoms with Crippen LogP contribution in [-0.4, -0.2) is 10.6 Å². The van der Waals surface area contributed by atoms with Gasteiger partial charge in [0.1, 0.15) is 0 Å².